The van der Waals surface area contributed by atoms with E-state index >= 15 is 17.6 Å². The van der Waals surface area contributed by atoms with Crippen LogP contribution in [0, 0.1) is 5.41 Å². The lowest BCUT2D eigenvalue weighted by molar-refractivity contribution is -0.447. The maximum Gasteiger partial charge on any atom is 0.374 e. The molecule has 0 N–H and O–H groups in total. The molecule has 0 saturated heterocycles. The van der Waals surface area contributed by atoms with Gasteiger partial charge >= 0.3 is 60.0 Å². The number of halogens is 12. The van der Waals surface area contributed by atoms with Crippen LogP contribution in [0.2, 0.25) is 0 Å². The van der Waals surface area contributed by atoms with E-state index in [0.29, 0.717) is 24.3 Å². The number of esters is 4. The fraction of sp³-hybridized carbons (Fsp3) is 0.586. The van der Waals surface area contributed by atoms with Crippen molar-refractivity contribution in [2.24, 2.45) is 5.41 Å². The van der Waals surface area contributed by atoms with Crippen molar-refractivity contribution in [3.8, 4) is 0 Å². The van der Waals surface area contributed by atoms with Gasteiger partial charge in [0, 0.05) is 24.3 Å². The summed E-state index contributed by atoms with van der Waals surface area (Å²) in [6.07, 6.45) is -17.4. The van der Waals surface area contributed by atoms with Gasteiger partial charge in [0.05, 0.1) is 26.2 Å². The van der Waals surface area contributed by atoms with Crippen LogP contribution in [-0.2, 0) is 57.1 Å². The summed E-state index contributed by atoms with van der Waals surface area (Å²) in [6, 6.07) is 0. The monoisotopic (exact) mass is 800 g/mol. The van der Waals surface area contributed by atoms with Crippen LogP contribution >= 0.6 is 0 Å². The molecule has 53 heavy (non-hydrogen) atoms. The van der Waals surface area contributed by atoms with Crippen LogP contribution in [-0.4, -0.2) is 119 Å². The maximum atomic E-state index is 15.8. The van der Waals surface area contributed by atoms with E-state index in [4.69, 9.17) is 0 Å². The summed E-state index contributed by atoms with van der Waals surface area (Å²) in [5.74, 6) is -19.8. The number of rotatable bonds is 28. The van der Waals surface area contributed by atoms with Crippen molar-refractivity contribution in [3.05, 3.63) is 50.6 Å². The van der Waals surface area contributed by atoms with Gasteiger partial charge in [0.1, 0.15) is 19.8 Å². The molecule has 0 radical (unpaired) electrons. The molecule has 0 unspecified atom stereocenters. The Morgan fingerprint density at radius 3 is 1.13 bits per heavy atom. The molecule has 0 aromatic carbocycles. The van der Waals surface area contributed by atoms with Gasteiger partial charge < -0.3 is 37.9 Å². The van der Waals surface area contributed by atoms with Crippen LogP contribution in [0.3, 0.4) is 0 Å². The van der Waals surface area contributed by atoms with Crippen molar-refractivity contribution < 1.29 is 110 Å². The zero-order valence-electron chi connectivity index (χ0n) is 27.1. The highest BCUT2D eigenvalue weighted by atomic mass is 19.3. The van der Waals surface area contributed by atoms with Crippen molar-refractivity contribution in [1.29, 1.82) is 0 Å². The Morgan fingerprint density at radius 2 is 0.774 bits per heavy atom. The molecular weight excluding hydrogens is 768 g/mol. The predicted molar refractivity (Wildman–Crippen MR) is 150 cm³/mol. The number of hydrogen-bond donors (Lipinski definition) is 0. The van der Waals surface area contributed by atoms with Crippen LogP contribution in [0.4, 0.5) is 52.7 Å². The van der Waals surface area contributed by atoms with E-state index in [9.17, 15) is 54.3 Å². The van der Waals surface area contributed by atoms with E-state index in [1.165, 1.54) is 0 Å². The quantitative estimate of drug-likeness (QED) is 0.0454. The first kappa shape index (κ1) is 48.8. The van der Waals surface area contributed by atoms with E-state index in [2.05, 4.69) is 64.2 Å². The van der Waals surface area contributed by atoms with E-state index in [-0.39, 0.29) is 0 Å². The first-order valence-corrected chi connectivity index (χ1v) is 14.1. The predicted octanol–water partition coefficient (Wildman–Crippen LogP) is 5.03. The Hall–Kier alpha value is -4.16. The lowest BCUT2D eigenvalue weighted by Crippen LogP contribution is -2.63. The van der Waals surface area contributed by atoms with Crippen molar-refractivity contribution >= 4 is 23.9 Å². The molecule has 0 heterocycles. The second kappa shape index (κ2) is 20.3. The summed E-state index contributed by atoms with van der Waals surface area (Å²) < 4.78 is 210. The SMILES string of the molecule is C=CC(=O)OCCC(F)(F)OCC(COCC(F)(F)COC(=O)C=C)(C(F)(F)OCC(F)(F)COC(=O)C=C)C(F)(F)OCC(F)(F)COC(=O)C=C. The maximum absolute atomic E-state index is 15.8. The first-order valence-electron chi connectivity index (χ1n) is 14.1. The minimum atomic E-state index is -6.11. The Bertz CT molecular complexity index is 1240. The summed E-state index contributed by atoms with van der Waals surface area (Å²) in [7, 11) is 0. The lowest BCUT2D eigenvalue weighted by atomic mass is 9.86. The standard InChI is InChI=1S/C29H32F12O12/c1-5-19(42)47-10-9-27(36,37)51-12-23(11-46-13-24(30,31)14-48-20(43)6-2,28(38,39)52-17-25(32,33)15-49-21(44)7-3)29(40,41)53-18-26(34,35)16-50-22(45)8-4/h5-8H,1-4,9-18H2. The van der Waals surface area contributed by atoms with Crippen LogP contribution in [0.1, 0.15) is 6.42 Å². The fourth-order valence-electron chi connectivity index (χ4n) is 3.05. The summed E-state index contributed by atoms with van der Waals surface area (Å²) in [4.78, 5) is 44.5. The number of hydrogen-bond acceptors (Lipinski definition) is 12. The van der Waals surface area contributed by atoms with Crippen molar-refractivity contribution in [2.45, 2.75) is 42.5 Å². The van der Waals surface area contributed by atoms with Crippen molar-refractivity contribution in [3.63, 3.8) is 0 Å². The summed E-state index contributed by atoms with van der Waals surface area (Å²) >= 11 is 0. The highest BCUT2D eigenvalue weighted by Gasteiger charge is 2.73. The van der Waals surface area contributed by atoms with E-state index in [1.54, 1.807) is 0 Å². The number of ether oxygens (including phenoxy) is 8. The third kappa shape index (κ3) is 17.5. The zero-order chi connectivity index (χ0) is 41.4. The van der Waals surface area contributed by atoms with Gasteiger partial charge in [0.2, 0.25) is 0 Å². The number of alkyl halides is 12. The molecule has 0 aliphatic carbocycles. The minimum absolute atomic E-state index is 0.337. The summed E-state index contributed by atoms with van der Waals surface area (Å²) in [5.41, 5.74) is -5.23. The average molecular weight is 801 g/mol. The molecule has 0 rings (SSSR count). The molecule has 0 spiro atoms. The van der Waals surface area contributed by atoms with E-state index in [0.717, 1.165) is 0 Å². The number of carbonyl (C=O) groups is 4. The van der Waals surface area contributed by atoms with Gasteiger partial charge in [-0.3, -0.25) is 0 Å². The molecule has 0 aromatic rings. The van der Waals surface area contributed by atoms with Gasteiger partial charge in [-0.05, 0) is 0 Å². The van der Waals surface area contributed by atoms with Gasteiger partial charge in [0.15, 0.2) is 25.2 Å². The molecule has 0 amide bonds. The molecule has 304 valence electrons. The Labute approximate surface area is 292 Å². The summed E-state index contributed by atoms with van der Waals surface area (Å²) in [6.45, 7) is -9.31. The molecule has 0 bridgehead atoms. The van der Waals surface area contributed by atoms with Crippen molar-refractivity contribution in [1.82, 2.24) is 0 Å². The largest absolute Gasteiger partial charge is 0.462 e. The highest BCUT2D eigenvalue weighted by Crippen LogP contribution is 2.52. The van der Waals surface area contributed by atoms with Crippen LogP contribution < -0.4 is 0 Å². The molecule has 0 fully saturated rings. The molecule has 0 aromatic heterocycles. The first-order chi connectivity index (χ1) is 24.1. The lowest BCUT2D eigenvalue weighted by Gasteiger charge is -2.44. The molecule has 24 heteroatoms. The average Bonchev–Trinajstić information content (AvgIpc) is 3.08. The molecule has 0 aliphatic rings. The van der Waals surface area contributed by atoms with Crippen LogP contribution in [0.25, 0.3) is 0 Å². The van der Waals surface area contributed by atoms with Crippen LogP contribution in [0.15, 0.2) is 50.6 Å². The van der Waals surface area contributed by atoms with Crippen LogP contribution in [0.5, 0.6) is 0 Å². The Balaban J connectivity index is 6.99. The molecule has 12 nitrogen and oxygen atoms in total. The topological polar surface area (TPSA) is 142 Å². The van der Waals surface area contributed by atoms with Crippen molar-refractivity contribution in [2.75, 3.05) is 59.5 Å². The van der Waals surface area contributed by atoms with Gasteiger partial charge in [-0.1, -0.05) is 26.3 Å². The second-order valence-electron chi connectivity index (χ2n) is 10.2. The van der Waals surface area contributed by atoms with E-state index < -0.39 is 131 Å². The molecule has 0 saturated carbocycles. The third-order valence-corrected chi connectivity index (χ3v) is 5.82. The highest BCUT2D eigenvalue weighted by molar-refractivity contribution is 5.82. The normalized spacial score (nSPS) is 13.1. The molecule has 0 aliphatic heterocycles. The summed E-state index contributed by atoms with van der Waals surface area (Å²) in [5, 5.41) is 0. The van der Waals surface area contributed by atoms with Gasteiger partial charge in [0.25, 0.3) is 0 Å². The second-order valence-corrected chi connectivity index (χ2v) is 10.2. The zero-order valence-corrected chi connectivity index (χ0v) is 27.1. The van der Waals surface area contributed by atoms with Gasteiger partial charge in [-0.15, -0.1) is 0 Å². The Kier molecular flexibility index (Phi) is 18.7. The van der Waals surface area contributed by atoms with Gasteiger partial charge in [-0.2, -0.15) is 26.3 Å². The Morgan fingerprint density at radius 1 is 0.434 bits per heavy atom. The molecular formula is C29H32F12O12. The van der Waals surface area contributed by atoms with E-state index in [1.807, 2.05) is 0 Å². The number of carbonyl (C=O) groups excluding carboxylic acids is 4. The fourth-order valence-corrected chi connectivity index (χ4v) is 3.05. The third-order valence-electron chi connectivity index (χ3n) is 5.82. The van der Waals surface area contributed by atoms with Gasteiger partial charge in [-0.25, -0.2) is 45.5 Å². The minimum Gasteiger partial charge on any atom is -0.462 e. The molecule has 0 atom stereocenters. The smallest absolute Gasteiger partial charge is 0.374 e.